The third kappa shape index (κ3) is 3.03. The largest absolute Gasteiger partial charge is 0.444 e. The van der Waals surface area contributed by atoms with Crippen molar-refractivity contribution in [1.29, 1.82) is 0 Å². The second-order valence-corrected chi connectivity index (χ2v) is 3.01. The summed E-state index contributed by atoms with van der Waals surface area (Å²) in [5.74, 6) is 1.61. The smallest absolute Gasteiger partial charge is 0.211 e. The molecule has 0 fully saturated rings. The first-order valence-corrected chi connectivity index (χ1v) is 4.51. The van der Waals surface area contributed by atoms with Crippen molar-refractivity contribution in [2.45, 2.75) is 26.8 Å². The summed E-state index contributed by atoms with van der Waals surface area (Å²) < 4.78 is 5.38. The molecule has 0 saturated heterocycles. The van der Waals surface area contributed by atoms with E-state index in [1.54, 1.807) is 6.20 Å². The van der Waals surface area contributed by atoms with Gasteiger partial charge in [0.2, 0.25) is 5.89 Å². The third-order valence-corrected chi connectivity index (χ3v) is 1.79. The molecule has 1 atom stereocenters. The topological polar surface area (TPSA) is 38.1 Å². The highest BCUT2D eigenvalue weighted by Crippen LogP contribution is 2.11. The van der Waals surface area contributed by atoms with Crippen LogP contribution in [0.5, 0.6) is 0 Å². The predicted octanol–water partition coefficient (Wildman–Crippen LogP) is 2.21. The van der Waals surface area contributed by atoms with Crippen LogP contribution in [0.1, 0.15) is 31.5 Å². The average Bonchev–Trinajstić information content (AvgIpc) is 2.52. The Morgan fingerprint density at radius 2 is 2.46 bits per heavy atom. The highest BCUT2D eigenvalue weighted by Gasteiger charge is 2.08. The maximum atomic E-state index is 5.38. The Morgan fingerprint density at radius 3 is 3.00 bits per heavy atom. The minimum Gasteiger partial charge on any atom is -0.444 e. The molecule has 1 aromatic rings. The second kappa shape index (κ2) is 4.82. The molecule has 0 aliphatic carbocycles. The van der Waals surface area contributed by atoms with E-state index in [0.29, 0.717) is 0 Å². The summed E-state index contributed by atoms with van der Waals surface area (Å²) in [7, 11) is 0. The Kier molecular flexibility index (Phi) is 3.71. The molecule has 3 nitrogen and oxygen atoms in total. The van der Waals surface area contributed by atoms with Crippen LogP contribution in [0.15, 0.2) is 22.8 Å². The van der Waals surface area contributed by atoms with Gasteiger partial charge in [0.1, 0.15) is 5.76 Å². The average molecular weight is 180 g/mol. The zero-order chi connectivity index (χ0) is 9.68. The van der Waals surface area contributed by atoms with Crippen LogP contribution in [0.2, 0.25) is 0 Å². The van der Waals surface area contributed by atoms with Crippen molar-refractivity contribution in [2.24, 2.45) is 0 Å². The monoisotopic (exact) mass is 180 g/mol. The molecule has 1 rings (SSSR count). The SMILES string of the molecule is C/C=C/CNC(C)c1ncc(C)o1. The van der Waals surface area contributed by atoms with Crippen LogP contribution in [0.4, 0.5) is 0 Å². The van der Waals surface area contributed by atoms with Crippen LogP contribution in [0.3, 0.4) is 0 Å². The van der Waals surface area contributed by atoms with E-state index in [2.05, 4.69) is 16.4 Å². The number of hydrogen-bond donors (Lipinski definition) is 1. The van der Waals surface area contributed by atoms with E-state index in [0.717, 1.165) is 18.2 Å². The molecule has 3 heteroatoms. The fourth-order valence-corrected chi connectivity index (χ4v) is 1.02. The molecule has 1 heterocycles. The molecule has 0 amide bonds. The molecule has 72 valence electrons. The minimum atomic E-state index is 0.171. The van der Waals surface area contributed by atoms with Gasteiger partial charge in [-0.25, -0.2) is 4.98 Å². The first-order chi connectivity index (χ1) is 6.24. The number of hydrogen-bond acceptors (Lipinski definition) is 3. The molecule has 0 radical (unpaired) electrons. The Hall–Kier alpha value is -1.09. The molecular formula is C10H16N2O. The lowest BCUT2D eigenvalue weighted by Gasteiger charge is -2.06. The van der Waals surface area contributed by atoms with E-state index in [-0.39, 0.29) is 6.04 Å². The van der Waals surface area contributed by atoms with E-state index >= 15 is 0 Å². The maximum Gasteiger partial charge on any atom is 0.211 e. The van der Waals surface area contributed by atoms with E-state index in [9.17, 15) is 0 Å². The quantitative estimate of drug-likeness (QED) is 0.722. The summed E-state index contributed by atoms with van der Waals surface area (Å²) in [4.78, 5) is 4.14. The van der Waals surface area contributed by atoms with Crippen LogP contribution in [-0.2, 0) is 0 Å². The minimum absolute atomic E-state index is 0.171. The van der Waals surface area contributed by atoms with Crippen LogP contribution < -0.4 is 5.32 Å². The van der Waals surface area contributed by atoms with Crippen LogP contribution >= 0.6 is 0 Å². The van der Waals surface area contributed by atoms with Gasteiger partial charge in [0.25, 0.3) is 0 Å². The van der Waals surface area contributed by atoms with Gasteiger partial charge in [-0.1, -0.05) is 12.2 Å². The summed E-state index contributed by atoms with van der Waals surface area (Å²) in [5.41, 5.74) is 0. The molecule has 0 aliphatic rings. The van der Waals surface area contributed by atoms with Gasteiger partial charge in [0, 0.05) is 6.54 Å². The molecule has 0 aliphatic heterocycles. The molecule has 0 bridgehead atoms. The number of nitrogens with zero attached hydrogens (tertiary/aromatic N) is 1. The van der Waals surface area contributed by atoms with Gasteiger partial charge in [0.15, 0.2) is 0 Å². The van der Waals surface area contributed by atoms with Crippen molar-refractivity contribution in [3.63, 3.8) is 0 Å². The van der Waals surface area contributed by atoms with Gasteiger partial charge in [-0.2, -0.15) is 0 Å². The van der Waals surface area contributed by atoms with Crippen molar-refractivity contribution in [3.8, 4) is 0 Å². The Bertz CT molecular complexity index is 278. The molecular weight excluding hydrogens is 164 g/mol. The number of aromatic nitrogens is 1. The zero-order valence-electron chi connectivity index (χ0n) is 8.37. The third-order valence-electron chi connectivity index (χ3n) is 1.79. The summed E-state index contributed by atoms with van der Waals surface area (Å²) >= 11 is 0. The van der Waals surface area contributed by atoms with Gasteiger partial charge in [-0.3, -0.25) is 0 Å². The van der Waals surface area contributed by atoms with Crippen LogP contribution in [0.25, 0.3) is 0 Å². The lowest BCUT2D eigenvalue weighted by molar-refractivity contribution is 0.411. The molecule has 0 aromatic carbocycles. The highest BCUT2D eigenvalue weighted by molar-refractivity contribution is 4.95. The highest BCUT2D eigenvalue weighted by atomic mass is 16.4. The zero-order valence-corrected chi connectivity index (χ0v) is 8.37. The molecule has 1 N–H and O–H groups in total. The van der Waals surface area contributed by atoms with Gasteiger partial charge >= 0.3 is 0 Å². The predicted molar refractivity (Wildman–Crippen MR) is 52.5 cm³/mol. The van der Waals surface area contributed by atoms with E-state index in [1.165, 1.54) is 0 Å². The maximum absolute atomic E-state index is 5.38. The van der Waals surface area contributed by atoms with Crippen molar-refractivity contribution in [2.75, 3.05) is 6.54 Å². The van der Waals surface area contributed by atoms with E-state index in [4.69, 9.17) is 4.42 Å². The second-order valence-electron chi connectivity index (χ2n) is 3.01. The Balaban J connectivity index is 2.43. The van der Waals surface area contributed by atoms with Gasteiger partial charge in [-0.15, -0.1) is 0 Å². The molecule has 1 unspecified atom stereocenters. The first-order valence-electron chi connectivity index (χ1n) is 4.51. The van der Waals surface area contributed by atoms with Crippen molar-refractivity contribution in [3.05, 3.63) is 30.0 Å². The number of rotatable bonds is 4. The van der Waals surface area contributed by atoms with Crippen molar-refractivity contribution < 1.29 is 4.42 Å². The van der Waals surface area contributed by atoms with Crippen molar-refractivity contribution in [1.82, 2.24) is 10.3 Å². The van der Waals surface area contributed by atoms with E-state index in [1.807, 2.05) is 26.8 Å². The fourth-order valence-electron chi connectivity index (χ4n) is 1.02. The summed E-state index contributed by atoms with van der Waals surface area (Å²) in [6, 6.07) is 0.171. The molecule has 0 spiro atoms. The number of allylic oxidation sites excluding steroid dienone is 1. The molecule has 0 saturated carbocycles. The Morgan fingerprint density at radius 1 is 1.69 bits per heavy atom. The first kappa shape index (κ1) is 9.99. The van der Waals surface area contributed by atoms with Crippen LogP contribution in [-0.4, -0.2) is 11.5 Å². The normalized spacial score (nSPS) is 13.8. The summed E-state index contributed by atoms with van der Waals surface area (Å²) in [6.45, 7) is 6.78. The summed E-state index contributed by atoms with van der Waals surface area (Å²) in [6.07, 6.45) is 5.82. The molecule has 1 aromatic heterocycles. The van der Waals surface area contributed by atoms with Gasteiger partial charge < -0.3 is 9.73 Å². The van der Waals surface area contributed by atoms with Crippen molar-refractivity contribution >= 4 is 0 Å². The van der Waals surface area contributed by atoms with Gasteiger partial charge in [0.05, 0.1) is 12.2 Å². The fraction of sp³-hybridized carbons (Fsp3) is 0.500. The van der Waals surface area contributed by atoms with E-state index < -0.39 is 0 Å². The Labute approximate surface area is 78.9 Å². The summed E-state index contributed by atoms with van der Waals surface area (Å²) in [5, 5.41) is 3.27. The number of nitrogens with one attached hydrogen (secondary N) is 1. The number of aryl methyl sites for hydroxylation is 1. The molecule has 13 heavy (non-hydrogen) atoms. The standard InChI is InChI=1S/C10H16N2O/c1-4-5-6-11-9(3)10-12-7-8(2)13-10/h4-5,7,9,11H,6H2,1-3H3/b5-4+. The van der Waals surface area contributed by atoms with Gasteiger partial charge in [-0.05, 0) is 20.8 Å². The lowest BCUT2D eigenvalue weighted by atomic mass is 10.3. The lowest BCUT2D eigenvalue weighted by Crippen LogP contribution is -2.18. The number of oxazole rings is 1. The van der Waals surface area contributed by atoms with Crippen LogP contribution in [0, 0.1) is 6.92 Å².